The van der Waals surface area contributed by atoms with Gasteiger partial charge in [0, 0.05) is 0 Å². The van der Waals surface area contributed by atoms with Gasteiger partial charge in [-0.1, -0.05) is 40.5 Å². The van der Waals surface area contributed by atoms with E-state index < -0.39 is 0 Å². The van der Waals surface area contributed by atoms with E-state index in [9.17, 15) is 0 Å². The van der Waals surface area contributed by atoms with E-state index in [2.05, 4.69) is 33.0 Å². The summed E-state index contributed by atoms with van der Waals surface area (Å²) < 4.78 is 0. The van der Waals surface area contributed by atoms with Gasteiger partial charge in [-0.2, -0.15) is 0 Å². The number of nitrogens with one attached hydrogen (secondary N) is 1. The van der Waals surface area contributed by atoms with E-state index in [1.807, 2.05) is 7.05 Å². The molecule has 0 aromatic carbocycles. The van der Waals surface area contributed by atoms with E-state index in [-0.39, 0.29) is 0 Å². The molecule has 2 unspecified atom stereocenters. The number of hydrogen-bond donors (Lipinski definition) is 1. The van der Waals surface area contributed by atoms with Gasteiger partial charge < -0.3 is 5.32 Å². The topological polar surface area (TPSA) is 12.0 Å². The Kier molecular flexibility index (Phi) is 6.45. The van der Waals surface area contributed by atoms with E-state index in [1.54, 1.807) is 0 Å². The predicted octanol–water partition coefficient (Wildman–Crippen LogP) is 2.91. The average molecular weight is 171 g/mol. The summed E-state index contributed by atoms with van der Waals surface area (Å²) in [6.07, 6.45) is 2.63. The largest absolute Gasteiger partial charge is 0.319 e. The Morgan fingerprint density at radius 1 is 1.00 bits per heavy atom. The van der Waals surface area contributed by atoms with Crippen molar-refractivity contribution in [1.82, 2.24) is 5.32 Å². The monoisotopic (exact) mass is 171 g/mol. The van der Waals surface area contributed by atoms with Crippen molar-refractivity contribution >= 4 is 0 Å². The minimum absolute atomic E-state index is 0.815. The van der Waals surface area contributed by atoms with Crippen LogP contribution in [0, 0.1) is 17.8 Å². The zero-order valence-corrected chi connectivity index (χ0v) is 9.35. The van der Waals surface area contributed by atoms with Crippen molar-refractivity contribution < 1.29 is 0 Å². The molecule has 0 bridgehead atoms. The molecule has 0 amide bonds. The molecule has 0 heterocycles. The lowest BCUT2D eigenvalue weighted by Crippen LogP contribution is -2.27. The Morgan fingerprint density at radius 3 is 1.92 bits per heavy atom. The fraction of sp³-hybridized carbons (Fsp3) is 1.00. The molecule has 74 valence electrons. The standard InChI is InChI=1S/C11H25N/c1-6-9(3)11(7-2)10(4)8-12-5/h9-12H,6-8H2,1-5H3/t9?,10-,11?/m1/s1. The van der Waals surface area contributed by atoms with Crippen molar-refractivity contribution in [3.05, 3.63) is 0 Å². The second kappa shape index (κ2) is 6.47. The highest BCUT2D eigenvalue weighted by molar-refractivity contribution is 4.71. The summed E-state index contributed by atoms with van der Waals surface area (Å²) in [6.45, 7) is 10.5. The molecule has 1 heteroatoms. The first-order valence-corrected chi connectivity index (χ1v) is 5.31. The van der Waals surface area contributed by atoms with Crippen molar-refractivity contribution in [3.63, 3.8) is 0 Å². The van der Waals surface area contributed by atoms with E-state index >= 15 is 0 Å². The van der Waals surface area contributed by atoms with Crippen LogP contribution in [-0.4, -0.2) is 13.6 Å². The zero-order chi connectivity index (χ0) is 9.56. The van der Waals surface area contributed by atoms with Gasteiger partial charge in [0.2, 0.25) is 0 Å². The second-order valence-corrected chi connectivity index (χ2v) is 3.99. The normalized spacial score (nSPS) is 18.8. The van der Waals surface area contributed by atoms with Crippen LogP contribution in [-0.2, 0) is 0 Å². The molecule has 0 rings (SSSR count). The molecule has 0 aliphatic heterocycles. The second-order valence-electron chi connectivity index (χ2n) is 3.99. The molecule has 0 saturated carbocycles. The van der Waals surface area contributed by atoms with E-state index in [4.69, 9.17) is 0 Å². The maximum absolute atomic E-state index is 3.26. The van der Waals surface area contributed by atoms with E-state index in [0.29, 0.717) is 0 Å². The Bertz CT molecular complexity index is 101. The van der Waals surface area contributed by atoms with Crippen LogP contribution in [0.1, 0.15) is 40.5 Å². The molecular weight excluding hydrogens is 146 g/mol. The van der Waals surface area contributed by atoms with Crippen molar-refractivity contribution in [1.29, 1.82) is 0 Å². The molecule has 3 atom stereocenters. The number of rotatable bonds is 6. The maximum atomic E-state index is 3.26. The summed E-state index contributed by atoms with van der Waals surface area (Å²) in [5.74, 6) is 2.58. The van der Waals surface area contributed by atoms with Crippen molar-refractivity contribution in [2.24, 2.45) is 17.8 Å². The predicted molar refractivity (Wildman–Crippen MR) is 56.3 cm³/mol. The molecule has 0 aliphatic carbocycles. The Labute approximate surface area is 77.9 Å². The minimum atomic E-state index is 0.815. The Morgan fingerprint density at radius 2 is 1.58 bits per heavy atom. The fourth-order valence-corrected chi connectivity index (χ4v) is 2.14. The van der Waals surface area contributed by atoms with Gasteiger partial charge in [-0.05, 0) is 31.3 Å². The van der Waals surface area contributed by atoms with Gasteiger partial charge in [0.05, 0.1) is 0 Å². The van der Waals surface area contributed by atoms with Gasteiger partial charge in [-0.15, -0.1) is 0 Å². The highest BCUT2D eigenvalue weighted by Crippen LogP contribution is 2.26. The van der Waals surface area contributed by atoms with Gasteiger partial charge in [0.25, 0.3) is 0 Å². The van der Waals surface area contributed by atoms with Crippen LogP contribution < -0.4 is 5.32 Å². The highest BCUT2D eigenvalue weighted by atomic mass is 14.8. The van der Waals surface area contributed by atoms with Crippen LogP contribution in [0.3, 0.4) is 0 Å². The molecule has 1 nitrogen and oxygen atoms in total. The molecular formula is C11H25N. The molecule has 0 radical (unpaired) electrons. The first-order valence-electron chi connectivity index (χ1n) is 5.31. The van der Waals surface area contributed by atoms with Crippen molar-refractivity contribution in [2.45, 2.75) is 40.5 Å². The molecule has 0 saturated heterocycles. The summed E-state index contributed by atoms with van der Waals surface area (Å²) in [5.41, 5.74) is 0. The smallest absolute Gasteiger partial charge is 0.00234 e. The van der Waals surface area contributed by atoms with Gasteiger partial charge >= 0.3 is 0 Å². The first-order chi connectivity index (χ1) is 5.67. The lowest BCUT2D eigenvalue weighted by molar-refractivity contribution is 0.238. The van der Waals surface area contributed by atoms with Crippen LogP contribution in [0.25, 0.3) is 0 Å². The zero-order valence-electron chi connectivity index (χ0n) is 9.35. The summed E-state index contributed by atoms with van der Waals surface area (Å²) in [4.78, 5) is 0. The quantitative estimate of drug-likeness (QED) is 0.648. The molecule has 0 aromatic heterocycles. The Balaban J connectivity index is 3.94. The van der Waals surface area contributed by atoms with Gasteiger partial charge in [-0.3, -0.25) is 0 Å². The maximum Gasteiger partial charge on any atom is -0.00234 e. The molecule has 0 aromatic rings. The SMILES string of the molecule is CCC(C)C(CC)[C@H](C)CNC. The molecule has 0 fully saturated rings. The number of hydrogen-bond acceptors (Lipinski definition) is 1. The summed E-state index contributed by atoms with van der Waals surface area (Å²) >= 11 is 0. The van der Waals surface area contributed by atoms with E-state index in [0.717, 1.165) is 24.3 Å². The van der Waals surface area contributed by atoms with Crippen molar-refractivity contribution in [3.8, 4) is 0 Å². The van der Waals surface area contributed by atoms with Gasteiger partial charge in [-0.25, -0.2) is 0 Å². The lowest BCUT2D eigenvalue weighted by atomic mass is 9.80. The minimum Gasteiger partial charge on any atom is -0.319 e. The molecule has 12 heavy (non-hydrogen) atoms. The fourth-order valence-electron chi connectivity index (χ4n) is 2.14. The van der Waals surface area contributed by atoms with Crippen LogP contribution in [0.4, 0.5) is 0 Å². The lowest BCUT2D eigenvalue weighted by Gasteiger charge is -2.27. The third-order valence-corrected chi connectivity index (χ3v) is 3.10. The van der Waals surface area contributed by atoms with Crippen LogP contribution in [0.2, 0.25) is 0 Å². The van der Waals surface area contributed by atoms with Crippen LogP contribution in [0.5, 0.6) is 0 Å². The molecule has 0 aliphatic rings. The van der Waals surface area contributed by atoms with Gasteiger partial charge in [0.15, 0.2) is 0 Å². The van der Waals surface area contributed by atoms with Crippen LogP contribution in [0.15, 0.2) is 0 Å². The summed E-state index contributed by atoms with van der Waals surface area (Å²) in [6, 6.07) is 0. The molecule has 0 spiro atoms. The third-order valence-electron chi connectivity index (χ3n) is 3.10. The average Bonchev–Trinajstić information content (AvgIpc) is 2.06. The summed E-state index contributed by atoms with van der Waals surface area (Å²) in [5, 5.41) is 3.26. The van der Waals surface area contributed by atoms with Gasteiger partial charge in [0.1, 0.15) is 0 Å². The van der Waals surface area contributed by atoms with Crippen LogP contribution >= 0.6 is 0 Å². The first kappa shape index (κ1) is 12.0. The molecule has 1 N–H and O–H groups in total. The highest BCUT2D eigenvalue weighted by Gasteiger charge is 2.19. The Hall–Kier alpha value is -0.0400. The van der Waals surface area contributed by atoms with E-state index in [1.165, 1.54) is 12.8 Å². The van der Waals surface area contributed by atoms with Crippen molar-refractivity contribution in [2.75, 3.05) is 13.6 Å². The summed E-state index contributed by atoms with van der Waals surface area (Å²) in [7, 11) is 2.04. The third kappa shape index (κ3) is 3.57.